The van der Waals surface area contributed by atoms with Crippen LogP contribution < -0.4 is 10.6 Å². The molecule has 0 radical (unpaired) electrons. The predicted molar refractivity (Wildman–Crippen MR) is 90.5 cm³/mol. The maximum absolute atomic E-state index is 12.6. The van der Waals surface area contributed by atoms with E-state index in [4.69, 9.17) is 0 Å². The Labute approximate surface area is 139 Å². The second kappa shape index (κ2) is 7.33. The molecule has 2 amide bonds. The Balaban J connectivity index is 1.72. The van der Waals surface area contributed by atoms with Crippen LogP contribution in [0.2, 0.25) is 0 Å². The highest BCUT2D eigenvalue weighted by molar-refractivity contribution is 7.99. The first-order valence-electron chi connectivity index (χ1n) is 7.62. The molecule has 0 spiro atoms. The third kappa shape index (κ3) is 4.13. The van der Waals surface area contributed by atoms with Gasteiger partial charge in [-0.1, -0.05) is 42.1 Å². The summed E-state index contributed by atoms with van der Waals surface area (Å²) in [7, 11) is 0. The first kappa shape index (κ1) is 15.6. The number of nitrogens with one attached hydrogen (secondary N) is 2. The minimum Gasteiger partial charge on any atom is -0.354 e. The van der Waals surface area contributed by atoms with Gasteiger partial charge in [0.05, 0.1) is 5.56 Å². The average Bonchev–Trinajstić information content (AvgIpc) is 2.58. The Hall–Kier alpha value is -2.27. The molecule has 5 heteroatoms. The number of amides is 2. The second-order valence-electron chi connectivity index (χ2n) is 5.42. The minimum atomic E-state index is -0.0924. The number of hydrogen-bond acceptors (Lipinski definition) is 3. The lowest BCUT2D eigenvalue weighted by atomic mass is 10.1. The summed E-state index contributed by atoms with van der Waals surface area (Å²) in [6, 6.07) is 17.6. The van der Waals surface area contributed by atoms with Crippen molar-refractivity contribution in [1.82, 2.24) is 10.6 Å². The Kier molecular flexibility index (Phi) is 4.98. The average molecular weight is 326 g/mol. The molecule has 1 fully saturated rings. The Morgan fingerprint density at radius 1 is 1.09 bits per heavy atom. The number of benzene rings is 2. The van der Waals surface area contributed by atoms with E-state index < -0.39 is 0 Å². The van der Waals surface area contributed by atoms with E-state index in [0.717, 1.165) is 9.79 Å². The molecule has 23 heavy (non-hydrogen) atoms. The molecule has 1 aliphatic rings. The van der Waals surface area contributed by atoms with E-state index in [0.29, 0.717) is 24.9 Å². The van der Waals surface area contributed by atoms with Crippen molar-refractivity contribution in [3.05, 3.63) is 60.2 Å². The molecule has 0 unspecified atom stereocenters. The maximum atomic E-state index is 12.6. The molecule has 1 saturated heterocycles. The molecule has 1 heterocycles. The fraction of sp³-hybridized carbons (Fsp3) is 0.222. The van der Waals surface area contributed by atoms with Gasteiger partial charge in [-0.2, -0.15) is 0 Å². The van der Waals surface area contributed by atoms with Gasteiger partial charge < -0.3 is 10.6 Å². The summed E-state index contributed by atoms with van der Waals surface area (Å²) in [4.78, 5) is 25.8. The van der Waals surface area contributed by atoms with Gasteiger partial charge >= 0.3 is 0 Å². The second-order valence-corrected chi connectivity index (χ2v) is 6.54. The molecule has 2 aromatic rings. The van der Waals surface area contributed by atoms with Gasteiger partial charge in [0.2, 0.25) is 5.91 Å². The fourth-order valence-corrected chi connectivity index (χ4v) is 3.44. The number of rotatable bonds is 4. The first-order valence-corrected chi connectivity index (χ1v) is 8.43. The lowest BCUT2D eigenvalue weighted by Crippen LogP contribution is -2.47. The highest BCUT2D eigenvalue weighted by Crippen LogP contribution is 2.30. The number of hydrogen-bond donors (Lipinski definition) is 2. The van der Waals surface area contributed by atoms with Crippen LogP contribution in [0.25, 0.3) is 0 Å². The highest BCUT2D eigenvalue weighted by Gasteiger charge is 2.21. The molecular formula is C18H18N2O2S. The third-order valence-electron chi connectivity index (χ3n) is 3.70. The van der Waals surface area contributed by atoms with E-state index in [1.165, 1.54) is 0 Å². The molecule has 1 aliphatic heterocycles. The van der Waals surface area contributed by atoms with Crippen molar-refractivity contribution in [3.63, 3.8) is 0 Å². The van der Waals surface area contributed by atoms with Crippen LogP contribution in [0.3, 0.4) is 0 Å². The first-order chi connectivity index (χ1) is 11.2. The molecule has 118 valence electrons. The molecular weight excluding hydrogens is 308 g/mol. The number of piperidine rings is 1. The molecule has 0 aliphatic carbocycles. The summed E-state index contributed by atoms with van der Waals surface area (Å²) in [5, 5.41) is 5.80. The molecule has 0 bridgehead atoms. The van der Waals surface area contributed by atoms with Gasteiger partial charge in [0, 0.05) is 28.8 Å². The lowest BCUT2D eigenvalue weighted by Gasteiger charge is -2.23. The van der Waals surface area contributed by atoms with E-state index >= 15 is 0 Å². The van der Waals surface area contributed by atoms with Crippen molar-refractivity contribution < 1.29 is 9.59 Å². The summed E-state index contributed by atoms with van der Waals surface area (Å²) >= 11 is 1.57. The predicted octanol–water partition coefficient (Wildman–Crippen LogP) is 2.85. The van der Waals surface area contributed by atoms with Crippen molar-refractivity contribution in [2.24, 2.45) is 0 Å². The van der Waals surface area contributed by atoms with Gasteiger partial charge in [-0.05, 0) is 30.7 Å². The summed E-state index contributed by atoms with van der Waals surface area (Å²) < 4.78 is 0. The summed E-state index contributed by atoms with van der Waals surface area (Å²) in [5.41, 5.74) is 0.665. The number of carbonyl (C=O) groups is 2. The zero-order chi connectivity index (χ0) is 16.1. The molecule has 4 nitrogen and oxygen atoms in total. The van der Waals surface area contributed by atoms with Crippen LogP contribution in [0, 0.1) is 0 Å². The Morgan fingerprint density at radius 3 is 2.57 bits per heavy atom. The lowest BCUT2D eigenvalue weighted by molar-refractivity contribution is -0.122. The minimum absolute atomic E-state index is 0.00465. The van der Waals surface area contributed by atoms with Crippen molar-refractivity contribution in [2.45, 2.75) is 28.7 Å². The van der Waals surface area contributed by atoms with Crippen LogP contribution in [0.5, 0.6) is 0 Å². The monoisotopic (exact) mass is 326 g/mol. The van der Waals surface area contributed by atoms with E-state index in [9.17, 15) is 9.59 Å². The number of carbonyl (C=O) groups excluding carboxylic acids is 2. The zero-order valence-corrected chi connectivity index (χ0v) is 13.4. The van der Waals surface area contributed by atoms with Crippen LogP contribution in [-0.4, -0.2) is 24.4 Å². The van der Waals surface area contributed by atoms with Crippen molar-refractivity contribution in [1.29, 1.82) is 0 Å². The van der Waals surface area contributed by atoms with Gasteiger partial charge in [-0.15, -0.1) is 0 Å². The van der Waals surface area contributed by atoms with E-state index in [1.54, 1.807) is 11.8 Å². The van der Waals surface area contributed by atoms with Crippen LogP contribution in [0.4, 0.5) is 0 Å². The van der Waals surface area contributed by atoms with Gasteiger partial charge in [0.15, 0.2) is 0 Å². The SMILES string of the molecule is O=C1CC[C@@H](NC(=O)c2ccccc2Sc2ccccc2)CN1. The van der Waals surface area contributed by atoms with Crippen LogP contribution in [0.15, 0.2) is 64.4 Å². The topological polar surface area (TPSA) is 58.2 Å². The van der Waals surface area contributed by atoms with E-state index in [1.807, 2.05) is 54.6 Å². The highest BCUT2D eigenvalue weighted by atomic mass is 32.2. The maximum Gasteiger partial charge on any atom is 0.252 e. The van der Waals surface area contributed by atoms with Gasteiger partial charge in [0.25, 0.3) is 5.91 Å². The van der Waals surface area contributed by atoms with Crippen molar-refractivity contribution in [2.75, 3.05) is 6.54 Å². The third-order valence-corrected chi connectivity index (χ3v) is 4.79. The Bertz CT molecular complexity index is 693. The standard InChI is InChI=1S/C18H18N2O2S/c21-17-11-10-13(12-19-17)20-18(22)15-8-4-5-9-16(15)23-14-6-2-1-3-7-14/h1-9,13H,10-12H2,(H,19,21)(H,20,22)/t13-/m1/s1. The molecule has 0 aromatic heterocycles. The van der Waals surface area contributed by atoms with Crippen molar-refractivity contribution >= 4 is 23.6 Å². The summed E-state index contributed by atoms with van der Waals surface area (Å²) in [6.45, 7) is 0.499. The summed E-state index contributed by atoms with van der Waals surface area (Å²) in [6.07, 6.45) is 1.15. The fourth-order valence-electron chi connectivity index (χ4n) is 2.48. The Morgan fingerprint density at radius 2 is 1.83 bits per heavy atom. The normalized spacial score (nSPS) is 17.4. The van der Waals surface area contributed by atoms with Gasteiger partial charge in [0.1, 0.15) is 0 Å². The quantitative estimate of drug-likeness (QED) is 0.908. The van der Waals surface area contributed by atoms with Gasteiger partial charge in [-0.25, -0.2) is 0 Å². The molecule has 2 aromatic carbocycles. The smallest absolute Gasteiger partial charge is 0.252 e. The molecule has 0 saturated carbocycles. The van der Waals surface area contributed by atoms with Crippen LogP contribution >= 0.6 is 11.8 Å². The van der Waals surface area contributed by atoms with Crippen LogP contribution in [0.1, 0.15) is 23.2 Å². The van der Waals surface area contributed by atoms with E-state index in [2.05, 4.69) is 10.6 Å². The van der Waals surface area contributed by atoms with Gasteiger partial charge in [-0.3, -0.25) is 9.59 Å². The molecule has 1 atom stereocenters. The summed E-state index contributed by atoms with van der Waals surface area (Å²) in [5.74, 6) is -0.0410. The van der Waals surface area contributed by atoms with Crippen molar-refractivity contribution in [3.8, 4) is 0 Å². The molecule has 2 N–H and O–H groups in total. The van der Waals surface area contributed by atoms with Crippen LogP contribution in [-0.2, 0) is 4.79 Å². The van der Waals surface area contributed by atoms with E-state index in [-0.39, 0.29) is 17.9 Å². The largest absolute Gasteiger partial charge is 0.354 e. The zero-order valence-electron chi connectivity index (χ0n) is 12.6. The molecule has 3 rings (SSSR count).